The van der Waals surface area contributed by atoms with E-state index in [1.165, 1.54) is 38.5 Å². The van der Waals surface area contributed by atoms with E-state index in [2.05, 4.69) is 33.1 Å². The van der Waals surface area contributed by atoms with Gasteiger partial charge in [-0.15, -0.1) is 0 Å². The summed E-state index contributed by atoms with van der Waals surface area (Å²) in [5, 5.41) is 3.51. The van der Waals surface area contributed by atoms with Gasteiger partial charge in [0.2, 0.25) is 0 Å². The topological polar surface area (TPSA) is 21.3 Å². The average molecular weight is 241 g/mol. The van der Waals surface area contributed by atoms with Crippen molar-refractivity contribution >= 4 is 0 Å². The van der Waals surface area contributed by atoms with E-state index in [0.29, 0.717) is 12.1 Å². The van der Waals surface area contributed by atoms with Gasteiger partial charge in [0.05, 0.1) is 6.10 Å². The summed E-state index contributed by atoms with van der Waals surface area (Å²) in [4.78, 5) is 0. The Morgan fingerprint density at radius 2 is 1.82 bits per heavy atom. The zero-order valence-electron chi connectivity index (χ0n) is 12.2. The van der Waals surface area contributed by atoms with E-state index >= 15 is 0 Å². The van der Waals surface area contributed by atoms with Gasteiger partial charge >= 0.3 is 0 Å². The van der Waals surface area contributed by atoms with E-state index < -0.39 is 0 Å². The van der Waals surface area contributed by atoms with Crippen molar-refractivity contribution < 1.29 is 4.74 Å². The van der Waals surface area contributed by atoms with Crippen LogP contribution in [0.2, 0.25) is 0 Å². The quantitative estimate of drug-likeness (QED) is 0.666. The molecular formula is C15H31NO. The third-order valence-corrected chi connectivity index (χ3v) is 4.39. The average Bonchev–Trinajstić information content (AvgIpc) is 2.31. The summed E-state index contributed by atoms with van der Waals surface area (Å²) >= 11 is 0. The second-order valence-corrected chi connectivity index (χ2v) is 5.55. The molecule has 2 heteroatoms. The van der Waals surface area contributed by atoms with Gasteiger partial charge in [0.1, 0.15) is 0 Å². The lowest BCUT2D eigenvalue weighted by molar-refractivity contribution is -0.0294. The fourth-order valence-electron chi connectivity index (χ4n) is 3.00. The molecule has 1 rings (SSSR count). The molecule has 1 N–H and O–H groups in total. The minimum atomic E-state index is 0.565. The van der Waals surface area contributed by atoms with Crippen LogP contribution in [0.3, 0.4) is 0 Å². The lowest BCUT2D eigenvalue weighted by Crippen LogP contribution is -2.37. The molecule has 1 atom stereocenters. The largest absolute Gasteiger partial charge is 0.378 e. The summed E-state index contributed by atoms with van der Waals surface area (Å²) < 4.78 is 5.63. The van der Waals surface area contributed by atoms with Gasteiger partial charge in [-0.05, 0) is 51.5 Å². The molecule has 17 heavy (non-hydrogen) atoms. The van der Waals surface area contributed by atoms with Crippen molar-refractivity contribution in [1.29, 1.82) is 0 Å². The molecule has 0 aromatic carbocycles. The molecule has 0 bridgehead atoms. The Balaban J connectivity index is 2.19. The molecule has 1 saturated carbocycles. The van der Waals surface area contributed by atoms with Crippen molar-refractivity contribution in [3.8, 4) is 0 Å². The molecule has 1 aliphatic rings. The molecule has 0 aromatic rings. The summed E-state index contributed by atoms with van der Waals surface area (Å²) in [5.41, 5.74) is 0. The molecule has 0 spiro atoms. The predicted molar refractivity (Wildman–Crippen MR) is 74.3 cm³/mol. The number of rotatable bonds is 9. The van der Waals surface area contributed by atoms with Crippen LogP contribution < -0.4 is 5.32 Å². The fourth-order valence-corrected chi connectivity index (χ4v) is 3.00. The van der Waals surface area contributed by atoms with Gasteiger partial charge in [0.15, 0.2) is 0 Å². The molecule has 0 aromatic heterocycles. The van der Waals surface area contributed by atoms with Crippen LogP contribution in [0, 0.1) is 11.8 Å². The van der Waals surface area contributed by atoms with Gasteiger partial charge in [0, 0.05) is 12.6 Å². The first-order valence-electron chi connectivity index (χ1n) is 7.52. The van der Waals surface area contributed by atoms with Gasteiger partial charge in [-0.3, -0.25) is 0 Å². The van der Waals surface area contributed by atoms with E-state index in [9.17, 15) is 0 Å². The minimum absolute atomic E-state index is 0.565. The normalized spacial score (nSPS) is 25.9. The van der Waals surface area contributed by atoms with Crippen LogP contribution in [0.1, 0.15) is 59.3 Å². The van der Waals surface area contributed by atoms with Crippen molar-refractivity contribution in [1.82, 2.24) is 5.32 Å². The summed E-state index contributed by atoms with van der Waals surface area (Å²) in [6, 6.07) is 0.715. The molecule has 0 aliphatic heterocycles. The fraction of sp³-hybridized carbons (Fsp3) is 1.00. The molecule has 1 aliphatic carbocycles. The summed E-state index contributed by atoms with van der Waals surface area (Å²) in [5.74, 6) is 1.80. The highest BCUT2D eigenvalue weighted by Crippen LogP contribution is 2.34. The van der Waals surface area contributed by atoms with Crippen LogP contribution in [0.25, 0.3) is 0 Å². The van der Waals surface area contributed by atoms with E-state index in [4.69, 9.17) is 4.74 Å². The minimum Gasteiger partial charge on any atom is -0.378 e. The number of hydrogen-bond acceptors (Lipinski definition) is 2. The van der Waals surface area contributed by atoms with Crippen molar-refractivity contribution in [2.45, 2.75) is 71.4 Å². The van der Waals surface area contributed by atoms with Crippen molar-refractivity contribution in [2.24, 2.45) is 11.8 Å². The predicted octanol–water partition coefficient (Wildman–Crippen LogP) is 3.61. The second-order valence-electron chi connectivity index (χ2n) is 5.55. The first-order chi connectivity index (χ1) is 8.23. The standard InChI is InChI=1S/C15H31NO/c1-5-12(6-2)8-14(16-4)9-13-10-15(11-13)17-7-3/h12-16H,5-11H2,1-4H3. The molecule has 0 saturated heterocycles. The maximum absolute atomic E-state index is 5.63. The van der Waals surface area contributed by atoms with Gasteiger partial charge < -0.3 is 10.1 Å². The first-order valence-corrected chi connectivity index (χ1v) is 7.52. The van der Waals surface area contributed by atoms with Crippen LogP contribution in [-0.2, 0) is 4.74 Å². The van der Waals surface area contributed by atoms with E-state index in [1.54, 1.807) is 0 Å². The highest BCUT2D eigenvalue weighted by molar-refractivity contribution is 4.84. The second kappa shape index (κ2) is 8.10. The molecule has 0 heterocycles. The van der Waals surface area contributed by atoms with Crippen molar-refractivity contribution in [3.05, 3.63) is 0 Å². The number of hydrogen-bond donors (Lipinski definition) is 1. The van der Waals surface area contributed by atoms with E-state index in [0.717, 1.165) is 18.4 Å². The maximum atomic E-state index is 5.63. The van der Waals surface area contributed by atoms with Gasteiger partial charge in [0.25, 0.3) is 0 Å². The third-order valence-electron chi connectivity index (χ3n) is 4.39. The zero-order valence-corrected chi connectivity index (χ0v) is 12.2. The van der Waals surface area contributed by atoms with Gasteiger partial charge in [-0.1, -0.05) is 26.7 Å². The Hall–Kier alpha value is -0.0800. The lowest BCUT2D eigenvalue weighted by Gasteiger charge is -2.37. The monoisotopic (exact) mass is 241 g/mol. The van der Waals surface area contributed by atoms with Crippen molar-refractivity contribution in [2.75, 3.05) is 13.7 Å². The number of ether oxygens (including phenoxy) is 1. The summed E-state index contributed by atoms with van der Waals surface area (Å²) in [6.07, 6.45) is 8.47. The molecular weight excluding hydrogens is 210 g/mol. The van der Waals surface area contributed by atoms with Crippen LogP contribution in [0.4, 0.5) is 0 Å². The highest BCUT2D eigenvalue weighted by Gasteiger charge is 2.31. The Labute approximate surface area is 108 Å². The molecule has 102 valence electrons. The third kappa shape index (κ3) is 4.97. The van der Waals surface area contributed by atoms with Crippen LogP contribution in [-0.4, -0.2) is 25.8 Å². The zero-order chi connectivity index (χ0) is 12.7. The Bertz CT molecular complexity index is 185. The molecule has 1 unspecified atom stereocenters. The van der Waals surface area contributed by atoms with Gasteiger partial charge in [-0.25, -0.2) is 0 Å². The Kier molecular flexibility index (Phi) is 7.14. The maximum Gasteiger partial charge on any atom is 0.0580 e. The van der Waals surface area contributed by atoms with Crippen LogP contribution >= 0.6 is 0 Å². The molecule has 1 fully saturated rings. The Morgan fingerprint density at radius 1 is 1.18 bits per heavy atom. The Morgan fingerprint density at radius 3 is 2.29 bits per heavy atom. The smallest absolute Gasteiger partial charge is 0.0580 e. The molecule has 2 nitrogen and oxygen atoms in total. The SMILES string of the molecule is CCOC1CC(CC(CC(CC)CC)NC)C1. The first kappa shape index (κ1) is 15.0. The molecule has 0 radical (unpaired) electrons. The lowest BCUT2D eigenvalue weighted by atomic mass is 9.76. The summed E-state index contributed by atoms with van der Waals surface area (Å²) in [7, 11) is 2.12. The van der Waals surface area contributed by atoms with E-state index in [-0.39, 0.29) is 0 Å². The summed E-state index contributed by atoms with van der Waals surface area (Å²) in [6.45, 7) is 7.60. The van der Waals surface area contributed by atoms with Crippen LogP contribution in [0.15, 0.2) is 0 Å². The van der Waals surface area contributed by atoms with Crippen molar-refractivity contribution in [3.63, 3.8) is 0 Å². The van der Waals surface area contributed by atoms with E-state index in [1.807, 2.05) is 0 Å². The highest BCUT2D eigenvalue weighted by atomic mass is 16.5. The number of nitrogens with one attached hydrogen (secondary N) is 1. The van der Waals surface area contributed by atoms with Crippen LogP contribution in [0.5, 0.6) is 0 Å². The molecule has 0 amide bonds. The van der Waals surface area contributed by atoms with Gasteiger partial charge in [-0.2, -0.15) is 0 Å².